The summed E-state index contributed by atoms with van der Waals surface area (Å²) in [5, 5.41) is 10.6. The standard InChI is InChI=1S/C16H24O/c1-3-13-8-4-5-10-15(13)16(17)14-9-6-7-12(2)11-14/h4-5,8,10,12,14,16-17H,3,6-7,9,11H2,1-2H3. The summed E-state index contributed by atoms with van der Waals surface area (Å²) in [6.07, 6.45) is 5.72. The molecule has 0 spiro atoms. The number of rotatable bonds is 3. The van der Waals surface area contributed by atoms with Gasteiger partial charge >= 0.3 is 0 Å². The lowest BCUT2D eigenvalue weighted by Gasteiger charge is -2.31. The van der Waals surface area contributed by atoms with E-state index in [2.05, 4.69) is 32.0 Å². The molecule has 0 amide bonds. The fourth-order valence-corrected chi connectivity index (χ4v) is 3.17. The highest BCUT2D eigenvalue weighted by atomic mass is 16.3. The number of aryl methyl sites for hydroxylation is 1. The van der Waals surface area contributed by atoms with E-state index < -0.39 is 0 Å². The molecular weight excluding hydrogens is 208 g/mol. The number of aliphatic hydroxyl groups is 1. The fourth-order valence-electron chi connectivity index (χ4n) is 3.17. The van der Waals surface area contributed by atoms with Crippen LogP contribution in [0.3, 0.4) is 0 Å². The molecule has 94 valence electrons. The number of aliphatic hydroxyl groups excluding tert-OH is 1. The van der Waals surface area contributed by atoms with Gasteiger partial charge in [-0.1, -0.05) is 51.0 Å². The molecule has 1 N–H and O–H groups in total. The number of hydrogen-bond acceptors (Lipinski definition) is 1. The summed E-state index contributed by atoms with van der Waals surface area (Å²) >= 11 is 0. The number of benzene rings is 1. The van der Waals surface area contributed by atoms with Crippen molar-refractivity contribution < 1.29 is 5.11 Å². The minimum Gasteiger partial charge on any atom is -0.388 e. The Hall–Kier alpha value is -0.820. The Morgan fingerprint density at radius 1 is 1.29 bits per heavy atom. The zero-order valence-corrected chi connectivity index (χ0v) is 11.0. The molecule has 1 aromatic rings. The third kappa shape index (κ3) is 2.90. The van der Waals surface area contributed by atoms with Gasteiger partial charge in [0.05, 0.1) is 6.10 Å². The summed E-state index contributed by atoms with van der Waals surface area (Å²) in [6.45, 7) is 4.47. The molecule has 1 aliphatic carbocycles. The Kier molecular flexibility index (Phi) is 4.22. The van der Waals surface area contributed by atoms with Crippen LogP contribution < -0.4 is 0 Å². The Morgan fingerprint density at radius 2 is 2.06 bits per heavy atom. The molecule has 0 aliphatic heterocycles. The number of hydrogen-bond donors (Lipinski definition) is 1. The summed E-state index contributed by atoms with van der Waals surface area (Å²) in [7, 11) is 0. The van der Waals surface area contributed by atoms with Gasteiger partial charge in [-0.05, 0) is 42.2 Å². The molecule has 0 aromatic heterocycles. The molecule has 0 heterocycles. The molecule has 0 saturated heterocycles. The fraction of sp³-hybridized carbons (Fsp3) is 0.625. The highest BCUT2D eigenvalue weighted by Crippen LogP contribution is 2.37. The van der Waals surface area contributed by atoms with Crippen molar-refractivity contribution in [2.75, 3.05) is 0 Å². The summed E-state index contributed by atoms with van der Waals surface area (Å²) in [6, 6.07) is 8.36. The van der Waals surface area contributed by atoms with E-state index in [-0.39, 0.29) is 6.10 Å². The van der Waals surface area contributed by atoms with Crippen LogP contribution in [0.1, 0.15) is 56.8 Å². The van der Waals surface area contributed by atoms with Crippen molar-refractivity contribution in [1.29, 1.82) is 0 Å². The average molecular weight is 232 g/mol. The van der Waals surface area contributed by atoms with Gasteiger partial charge < -0.3 is 5.11 Å². The highest BCUT2D eigenvalue weighted by molar-refractivity contribution is 5.29. The van der Waals surface area contributed by atoms with Crippen LogP contribution in [-0.4, -0.2) is 5.11 Å². The van der Waals surface area contributed by atoms with Gasteiger partial charge in [-0.3, -0.25) is 0 Å². The van der Waals surface area contributed by atoms with Crippen LogP contribution in [0.4, 0.5) is 0 Å². The normalized spacial score (nSPS) is 26.8. The van der Waals surface area contributed by atoms with Crippen LogP contribution in [0, 0.1) is 11.8 Å². The predicted molar refractivity (Wildman–Crippen MR) is 71.9 cm³/mol. The van der Waals surface area contributed by atoms with Gasteiger partial charge in [0.15, 0.2) is 0 Å². The predicted octanol–water partition coefficient (Wildman–Crippen LogP) is 4.11. The first-order valence-electron chi connectivity index (χ1n) is 6.98. The topological polar surface area (TPSA) is 20.2 Å². The summed E-state index contributed by atoms with van der Waals surface area (Å²) in [5.41, 5.74) is 2.47. The Morgan fingerprint density at radius 3 is 2.76 bits per heavy atom. The lowest BCUT2D eigenvalue weighted by Crippen LogP contribution is -2.21. The third-order valence-corrected chi connectivity index (χ3v) is 4.18. The average Bonchev–Trinajstić information content (AvgIpc) is 2.38. The van der Waals surface area contributed by atoms with E-state index in [0.717, 1.165) is 17.9 Å². The largest absolute Gasteiger partial charge is 0.388 e. The molecule has 1 aromatic carbocycles. The lowest BCUT2D eigenvalue weighted by molar-refractivity contribution is 0.0707. The first kappa shape index (κ1) is 12.6. The van der Waals surface area contributed by atoms with Crippen LogP contribution in [0.2, 0.25) is 0 Å². The van der Waals surface area contributed by atoms with Crippen molar-refractivity contribution in [3.63, 3.8) is 0 Å². The van der Waals surface area contributed by atoms with E-state index in [4.69, 9.17) is 0 Å². The molecule has 3 atom stereocenters. The first-order valence-corrected chi connectivity index (χ1v) is 6.98. The second-order valence-corrected chi connectivity index (χ2v) is 5.53. The van der Waals surface area contributed by atoms with Gasteiger partial charge in [-0.2, -0.15) is 0 Å². The summed E-state index contributed by atoms with van der Waals surface area (Å²) < 4.78 is 0. The molecule has 2 rings (SSSR count). The Balaban J connectivity index is 2.15. The third-order valence-electron chi connectivity index (χ3n) is 4.18. The molecule has 1 aliphatic rings. The lowest BCUT2D eigenvalue weighted by atomic mass is 9.77. The maximum Gasteiger partial charge on any atom is 0.0820 e. The molecule has 3 unspecified atom stereocenters. The molecule has 0 bridgehead atoms. The van der Waals surface area contributed by atoms with Crippen LogP contribution in [0.25, 0.3) is 0 Å². The molecule has 1 heteroatoms. The van der Waals surface area contributed by atoms with Gasteiger partial charge in [-0.15, -0.1) is 0 Å². The Labute approximate surface area is 105 Å². The van der Waals surface area contributed by atoms with Crippen LogP contribution in [-0.2, 0) is 6.42 Å². The van der Waals surface area contributed by atoms with Crippen molar-refractivity contribution in [2.24, 2.45) is 11.8 Å². The quantitative estimate of drug-likeness (QED) is 0.831. The van der Waals surface area contributed by atoms with Crippen molar-refractivity contribution in [1.82, 2.24) is 0 Å². The second kappa shape index (κ2) is 5.68. The zero-order chi connectivity index (χ0) is 12.3. The molecule has 17 heavy (non-hydrogen) atoms. The van der Waals surface area contributed by atoms with Crippen LogP contribution >= 0.6 is 0 Å². The second-order valence-electron chi connectivity index (χ2n) is 5.53. The van der Waals surface area contributed by atoms with Crippen molar-refractivity contribution in [2.45, 2.75) is 52.1 Å². The molecule has 1 nitrogen and oxygen atoms in total. The van der Waals surface area contributed by atoms with E-state index in [0.29, 0.717) is 5.92 Å². The van der Waals surface area contributed by atoms with Gasteiger partial charge in [0.1, 0.15) is 0 Å². The van der Waals surface area contributed by atoms with Crippen molar-refractivity contribution >= 4 is 0 Å². The monoisotopic (exact) mass is 232 g/mol. The smallest absolute Gasteiger partial charge is 0.0820 e. The van der Waals surface area contributed by atoms with Crippen LogP contribution in [0.15, 0.2) is 24.3 Å². The summed E-state index contributed by atoms with van der Waals surface area (Å²) in [5.74, 6) is 1.24. The van der Waals surface area contributed by atoms with E-state index in [1.54, 1.807) is 0 Å². The van der Waals surface area contributed by atoms with E-state index in [1.165, 1.54) is 31.2 Å². The van der Waals surface area contributed by atoms with E-state index in [1.807, 2.05) is 6.07 Å². The van der Waals surface area contributed by atoms with Crippen LogP contribution in [0.5, 0.6) is 0 Å². The SMILES string of the molecule is CCc1ccccc1C(O)C1CCCC(C)C1. The minimum atomic E-state index is -0.256. The Bertz CT molecular complexity index is 358. The highest BCUT2D eigenvalue weighted by Gasteiger charge is 2.27. The van der Waals surface area contributed by atoms with Gasteiger partial charge in [-0.25, -0.2) is 0 Å². The molecule has 1 saturated carbocycles. The van der Waals surface area contributed by atoms with Gasteiger partial charge in [0.25, 0.3) is 0 Å². The molecular formula is C16H24O. The maximum absolute atomic E-state index is 10.6. The molecule has 1 fully saturated rings. The van der Waals surface area contributed by atoms with E-state index >= 15 is 0 Å². The maximum atomic E-state index is 10.6. The minimum absolute atomic E-state index is 0.256. The van der Waals surface area contributed by atoms with Crippen molar-refractivity contribution in [3.05, 3.63) is 35.4 Å². The summed E-state index contributed by atoms with van der Waals surface area (Å²) in [4.78, 5) is 0. The molecule has 0 radical (unpaired) electrons. The van der Waals surface area contributed by atoms with Gasteiger partial charge in [0, 0.05) is 0 Å². The van der Waals surface area contributed by atoms with Gasteiger partial charge in [0.2, 0.25) is 0 Å². The van der Waals surface area contributed by atoms with Crippen molar-refractivity contribution in [3.8, 4) is 0 Å². The van der Waals surface area contributed by atoms with E-state index in [9.17, 15) is 5.11 Å². The first-order chi connectivity index (χ1) is 8.22. The zero-order valence-electron chi connectivity index (χ0n) is 11.0.